The van der Waals surface area contributed by atoms with Crippen molar-refractivity contribution in [3.63, 3.8) is 0 Å². The Balaban J connectivity index is 1.87. The van der Waals surface area contributed by atoms with Crippen molar-refractivity contribution in [1.29, 1.82) is 0 Å². The highest BCUT2D eigenvalue weighted by Crippen LogP contribution is 2.27. The van der Waals surface area contributed by atoms with Crippen molar-refractivity contribution in [1.82, 2.24) is 14.7 Å². The molecule has 1 aromatic rings. The quantitative estimate of drug-likeness (QED) is 0.870. The van der Waals surface area contributed by atoms with Gasteiger partial charge in [-0.2, -0.15) is 5.10 Å². The van der Waals surface area contributed by atoms with Crippen molar-refractivity contribution in [3.05, 3.63) is 12.3 Å². The van der Waals surface area contributed by atoms with Gasteiger partial charge in [0.05, 0.1) is 12.6 Å². The van der Waals surface area contributed by atoms with E-state index in [9.17, 15) is 4.79 Å². The molecule has 2 rings (SSSR count). The molecule has 0 aromatic carbocycles. The minimum absolute atomic E-state index is 0.0163. The van der Waals surface area contributed by atoms with E-state index in [1.807, 2.05) is 16.9 Å². The van der Waals surface area contributed by atoms with Crippen LogP contribution < -0.4 is 5.32 Å². The van der Waals surface area contributed by atoms with Crippen molar-refractivity contribution in [2.24, 2.45) is 0 Å². The summed E-state index contributed by atoms with van der Waals surface area (Å²) >= 11 is 0. The van der Waals surface area contributed by atoms with Gasteiger partial charge in [0.2, 0.25) is 5.91 Å². The first-order valence-corrected chi connectivity index (χ1v) is 7.80. The van der Waals surface area contributed by atoms with Gasteiger partial charge in [-0.05, 0) is 25.9 Å². The fourth-order valence-electron chi connectivity index (χ4n) is 2.79. The zero-order valence-corrected chi connectivity index (χ0v) is 12.6. The van der Waals surface area contributed by atoms with E-state index in [-0.39, 0.29) is 5.91 Å². The Morgan fingerprint density at radius 3 is 2.70 bits per heavy atom. The Hall–Kier alpha value is -1.36. The van der Waals surface area contributed by atoms with Crippen LogP contribution in [0.15, 0.2) is 12.3 Å². The second-order valence-electron chi connectivity index (χ2n) is 5.48. The lowest BCUT2D eigenvalue weighted by Crippen LogP contribution is -2.33. The second-order valence-corrected chi connectivity index (χ2v) is 5.48. The molecule has 1 aliphatic rings. The SMILES string of the molecule is CCN(CC)CC(=O)Nc1ccn(C2CCCCC2)n1. The van der Waals surface area contributed by atoms with Crippen molar-refractivity contribution in [2.75, 3.05) is 25.0 Å². The smallest absolute Gasteiger partial charge is 0.239 e. The first kappa shape index (κ1) is 15.0. The molecule has 0 aliphatic heterocycles. The number of likely N-dealkylation sites (N-methyl/N-ethyl adjacent to an activating group) is 1. The molecule has 5 nitrogen and oxygen atoms in total. The number of carbonyl (C=O) groups is 1. The number of anilines is 1. The Morgan fingerprint density at radius 1 is 1.35 bits per heavy atom. The topological polar surface area (TPSA) is 50.2 Å². The van der Waals surface area contributed by atoms with Crippen molar-refractivity contribution >= 4 is 11.7 Å². The number of nitrogens with zero attached hydrogens (tertiary/aromatic N) is 3. The predicted molar refractivity (Wildman–Crippen MR) is 80.8 cm³/mol. The van der Waals surface area contributed by atoms with Crippen molar-refractivity contribution < 1.29 is 4.79 Å². The molecule has 0 unspecified atom stereocenters. The lowest BCUT2D eigenvalue weighted by molar-refractivity contribution is -0.117. The molecule has 1 heterocycles. The summed E-state index contributed by atoms with van der Waals surface area (Å²) in [5.41, 5.74) is 0. The minimum Gasteiger partial charge on any atom is -0.308 e. The molecule has 112 valence electrons. The number of hydrogen-bond donors (Lipinski definition) is 1. The summed E-state index contributed by atoms with van der Waals surface area (Å²) in [6.07, 6.45) is 8.31. The Bertz CT molecular complexity index is 419. The van der Waals surface area contributed by atoms with Crippen LogP contribution in [0, 0.1) is 0 Å². The molecule has 1 aromatic heterocycles. The largest absolute Gasteiger partial charge is 0.308 e. The van der Waals surface area contributed by atoms with Gasteiger partial charge in [0.25, 0.3) is 0 Å². The summed E-state index contributed by atoms with van der Waals surface area (Å²) in [4.78, 5) is 14.0. The summed E-state index contributed by atoms with van der Waals surface area (Å²) in [5.74, 6) is 0.690. The van der Waals surface area contributed by atoms with Crippen LogP contribution in [0.2, 0.25) is 0 Å². The first-order valence-electron chi connectivity index (χ1n) is 7.80. The molecule has 5 heteroatoms. The summed E-state index contributed by atoms with van der Waals surface area (Å²) in [6, 6.07) is 2.41. The van der Waals surface area contributed by atoms with Gasteiger partial charge in [0, 0.05) is 12.3 Å². The molecular weight excluding hydrogens is 252 g/mol. The maximum absolute atomic E-state index is 11.9. The summed E-state index contributed by atoms with van der Waals surface area (Å²) in [7, 11) is 0. The summed E-state index contributed by atoms with van der Waals surface area (Å²) in [5, 5.41) is 7.39. The molecule has 1 saturated carbocycles. The van der Waals surface area contributed by atoms with Gasteiger partial charge in [0.1, 0.15) is 0 Å². The Labute approximate surface area is 121 Å². The van der Waals surface area contributed by atoms with Gasteiger partial charge in [-0.25, -0.2) is 0 Å². The molecular formula is C15H26N4O. The van der Waals surface area contributed by atoms with Crippen LogP contribution in [0.3, 0.4) is 0 Å². The molecule has 0 saturated heterocycles. The van der Waals surface area contributed by atoms with E-state index in [1.54, 1.807) is 0 Å². The lowest BCUT2D eigenvalue weighted by atomic mass is 9.96. The molecule has 0 radical (unpaired) electrons. The van der Waals surface area contributed by atoms with Crippen molar-refractivity contribution in [3.8, 4) is 0 Å². The number of aromatic nitrogens is 2. The van der Waals surface area contributed by atoms with Crippen molar-refractivity contribution in [2.45, 2.75) is 52.0 Å². The third-order valence-electron chi connectivity index (χ3n) is 4.09. The highest BCUT2D eigenvalue weighted by atomic mass is 16.2. The molecule has 0 atom stereocenters. The number of hydrogen-bond acceptors (Lipinski definition) is 3. The summed E-state index contributed by atoms with van der Waals surface area (Å²) < 4.78 is 2.02. The molecule has 1 amide bonds. The molecule has 0 bridgehead atoms. The number of amides is 1. The Kier molecular flexibility index (Phi) is 5.59. The van der Waals surface area contributed by atoms with E-state index in [0.29, 0.717) is 18.4 Å². The van der Waals surface area contributed by atoms with E-state index < -0.39 is 0 Å². The summed E-state index contributed by atoms with van der Waals surface area (Å²) in [6.45, 7) is 6.34. The average molecular weight is 278 g/mol. The highest BCUT2D eigenvalue weighted by Gasteiger charge is 2.16. The maximum atomic E-state index is 11.9. The molecule has 1 N–H and O–H groups in total. The monoisotopic (exact) mass is 278 g/mol. The molecule has 0 spiro atoms. The van der Waals surface area contributed by atoms with Crippen LogP contribution >= 0.6 is 0 Å². The van der Waals surface area contributed by atoms with Crippen LogP contribution in [0.1, 0.15) is 52.0 Å². The third-order valence-corrected chi connectivity index (χ3v) is 4.09. The zero-order valence-electron chi connectivity index (χ0n) is 12.6. The third kappa shape index (κ3) is 4.07. The van der Waals surface area contributed by atoms with Gasteiger partial charge in [-0.3, -0.25) is 14.4 Å². The maximum Gasteiger partial charge on any atom is 0.239 e. The lowest BCUT2D eigenvalue weighted by Gasteiger charge is -2.21. The normalized spacial score (nSPS) is 16.6. The first-order chi connectivity index (χ1) is 9.72. The van der Waals surface area contributed by atoms with Crippen LogP contribution in [-0.2, 0) is 4.79 Å². The minimum atomic E-state index is 0.0163. The number of rotatable bonds is 6. The van der Waals surface area contributed by atoms with Gasteiger partial charge in [-0.1, -0.05) is 33.1 Å². The highest BCUT2D eigenvalue weighted by molar-refractivity contribution is 5.91. The predicted octanol–water partition coefficient (Wildman–Crippen LogP) is 2.67. The fraction of sp³-hybridized carbons (Fsp3) is 0.733. The average Bonchev–Trinajstić information content (AvgIpc) is 2.94. The van der Waals surface area contributed by atoms with Crippen LogP contribution in [0.4, 0.5) is 5.82 Å². The van der Waals surface area contributed by atoms with Gasteiger partial charge < -0.3 is 5.32 Å². The van der Waals surface area contributed by atoms with Crippen LogP contribution in [0.25, 0.3) is 0 Å². The van der Waals surface area contributed by atoms with E-state index >= 15 is 0 Å². The van der Waals surface area contributed by atoms with Gasteiger partial charge in [-0.15, -0.1) is 0 Å². The van der Waals surface area contributed by atoms with E-state index in [1.165, 1.54) is 32.1 Å². The number of carbonyl (C=O) groups excluding carboxylic acids is 1. The van der Waals surface area contributed by atoms with E-state index in [0.717, 1.165) is 13.1 Å². The zero-order chi connectivity index (χ0) is 14.4. The second kappa shape index (κ2) is 7.43. The van der Waals surface area contributed by atoms with Gasteiger partial charge >= 0.3 is 0 Å². The van der Waals surface area contributed by atoms with Crippen LogP contribution in [-0.4, -0.2) is 40.2 Å². The van der Waals surface area contributed by atoms with Gasteiger partial charge in [0.15, 0.2) is 5.82 Å². The molecule has 1 aliphatic carbocycles. The Morgan fingerprint density at radius 2 is 2.05 bits per heavy atom. The van der Waals surface area contributed by atoms with E-state index in [2.05, 4.69) is 29.2 Å². The fourth-order valence-corrected chi connectivity index (χ4v) is 2.79. The van der Waals surface area contributed by atoms with Crippen LogP contribution in [0.5, 0.6) is 0 Å². The number of nitrogens with one attached hydrogen (secondary N) is 1. The van der Waals surface area contributed by atoms with E-state index in [4.69, 9.17) is 0 Å². The molecule has 1 fully saturated rings. The standard InChI is InChI=1S/C15H26N4O/c1-3-18(4-2)12-15(20)16-14-10-11-19(17-14)13-8-6-5-7-9-13/h10-11,13H,3-9,12H2,1-2H3,(H,16,17,20). The molecule has 20 heavy (non-hydrogen) atoms.